The van der Waals surface area contributed by atoms with E-state index < -0.39 is 0 Å². The Kier molecular flexibility index (Phi) is 4.05. The van der Waals surface area contributed by atoms with Crippen molar-refractivity contribution in [2.45, 2.75) is 58.8 Å². The maximum Gasteiger partial charge on any atom is 0.136 e. The topological polar surface area (TPSA) is 41.0 Å². The Balaban J connectivity index is 1.82. The highest BCUT2D eigenvalue weighted by Crippen LogP contribution is 2.39. The summed E-state index contributed by atoms with van der Waals surface area (Å²) in [5.74, 6) is 3.77. The number of anilines is 2. The Morgan fingerprint density at radius 1 is 1.24 bits per heavy atom. The molecule has 0 radical (unpaired) electrons. The minimum Gasteiger partial charge on any atom is -0.370 e. The molecule has 1 aromatic rings. The maximum atomic E-state index is 4.87. The van der Waals surface area contributed by atoms with E-state index in [1.807, 2.05) is 0 Å². The maximum absolute atomic E-state index is 4.87. The van der Waals surface area contributed by atoms with Gasteiger partial charge in [0.1, 0.15) is 17.5 Å². The SMILES string of the molecule is CCNc1cc(N2CCCC(C)(C)CC2)nc(C2CC2)n1. The standard InChI is InChI=1S/C17H28N4/c1-4-18-14-12-15(20-16(19-14)13-6-7-13)21-10-5-8-17(2,3)9-11-21/h12-13H,4-11H2,1-3H3,(H,18,19,20). The predicted molar refractivity (Wildman–Crippen MR) is 88.0 cm³/mol. The molecule has 21 heavy (non-hydrogen) atoms. The van der Waals surface area contributed by atoms with E-state index in [1.165, 1.54) is 32.1 Å². The van der Waals surface area contributed by atoms with Crippen molar-refractivity contribution in [3.05, 3.63) is 11.9 Å². The van der Waals surface area contributed by atoms with Gasteiger partial charge in [-0.05, 0) is 44.4 Å². The normalized spacial score (nSPS) is 22.0. The molecule has 4 heteroatoms. The van der Waals surface area contributed by atoms with E-state index in [2.05, 4.69) is 42.0 Å². The van der Waals surface area contributed by atoms with Gasteiger partial charge < -0.3 is 10.2 Å². The molecule has 1 saturated heterocycles. The molecule has 4 nitrogen and oxygen atoms in total. The zero-order valence-corrected chi connectivity index (χ0v) is 13.7. The molecule has 1 N–H and O–H groups in total. The van der Waals surface area contributed by atoms with Gasteiger partial charge in [-0.15, -0.1) is 0 Å². The average Bonchev–Trinajstić information content (AvgIpc) is 3.26. The zero-order valence-electron chi connectivity index (χ0n) is 13.7. The van der Waals surface area contributed by atoms with Crippen LogP contribution in [0.4, 0.5) is 11.6 Å². The van der Waals surface area contributed by atoms with Crippen molar-refractivity contribution in [2.75, 3.05) is 29.9 Å². The molecule has 0 unspecified atom stereocenters. The van der Waals surface area contributed by atoms with Crippen LogP contribution >= 0.6 is 0 Å². The summed E-state index contributed by atoms with van der Waals surface area (Å²) in [5.41, 5.74) is 0.464. The highest BCUT2D eigenvalue weighted by molar-refractivity contribution is 5.50. The van der Waals surface area contributed by atoms with E-state index in [9.17, 15) is 0 Å². The van der Waals surface area contributed by atoms with Crippen LogP contribution < -0.4 is 10.2 Å². The summed E-state index contributed by atoms with van der Waals surface area (Å²) in [6, 6.07) is 2.13. The van der Waals surface area contributed by atoms with Gasteiger partial charge in [0.25, 0.3) is 0 Å². The molecule has 0 amide bonds. The molecule has 3 rings (SSSR count). The van der Waals surface area contributed by atoms with Gasteiger partial charge in [-0.3, -0.25) is 0 Å². The van der Waals surface area contributed by atoms with Gasteiger partial charge >= 0.3 is 0 Å². The summed E-state index contributed by atoms with van der Waals surface area (Å²) in [7, 11) is 0. The van der Waals surface area contributed by atoms with Gasteiger partial charge in [0.2, 0.25) is 0 Å². The molecule has 1 aliphatic carbocycles. The highest BCUT2D eigenvalue weighted by atomic mass is 15.2. The summed E-state index contributed by atoms with van der Waals surface area (Å²) < 4.78 is 0. The molecular weight excluding hydrogens is 260 g/mol. The van der Waals surface area contributed by atoms with Crippen LogP contribution in [0.3, 0.4) is 0 Å². The number of nitrogens with zero attached hydrogens (tertiary/aromatic N) is 3. The second-order valence-corrected chi connectivity index (χ2v) is 7.28. The smallest absolute Gasteiger partial charge is 0.136 e. The fourth-order valence-corrected chi connectivity index (χ4v) is 3.06. The molecule has 2 fully saturated rings. The van der Waals surface area contributed by atoms with E-state index >= 15 is 0 Å². The summed E-state index contributed by atoms with van der Waals surface area (Å²) in [4.78, 5) is 12.0. The third-order valence-corrected chi connectivity index (χ3v) is 4.69. The van der Waals surface area contributed by atoms with Crippen LogP contribution in [0.2, 0.25) is 0 Å². The van der Waals surface area contributed by atoms with Crippen LogP contribution in [0.5, 0.6) is 0 Å². The first kappa shape index (κ1) is 14.6. The van der Waals surface area contributed by atoms with Crippen LogP contribution in [0.25, 0.3) is 0 Å². The van der Waals surface area contributed by atoms with Crippen LogP contribution in [0, 0.1) is 5.41 Å². The van der Waals surface area contributed by atoms with Gasteiger partial charge in [0.15, 0.2) is 0 Å². The van der Waals surface area contributed by atoms with Crippen molar-refractivity contribution >= 4 is 11.6 Å². The molecule has 1 aliphatic heterocycles. The molecular formula is C17H28N4. The molecule has 116 valence electrons. The summed E-state index contributed by atoms with van der Waals surface area (Å²) >= 11 is 0. The lowest BCUT2D eigenvalue weighted by Gasteiger charge is -2.24. The number of aromatic nitrogens is 2. The minimum atomic E-state index is 0.464. The van der Waals surface area contributed by atoms with Crippen LogP contribution in [0.1, 0.15) is 64.6 Å². The molecule has 1 saturated carbocycles. The van der Waals surface area contributed by atoms with E-state index in [0.717, 1.165) is 37.1 Å². The monoisotopic (exact) mass is 288 g/mol. The first-order valence-electron chi connectivity index (χ1n) is 8.45. The van der Waals surface area contributed by atoms with Gasteiger partial charge in [0.05, 0.1) is 0 Å². The van der Waals surface area contributed by atoms with Gasteiger partial charge in [-0.2, -0.15) is 0 Å². The van der Waals surface area contributed by atoms with E-state index in [4.69, 9.17) is 4.98 Å². The first-order valence-corrected chi connectivity index (χ1v) is 8.45. The fraction of sp³-hybridized carbons (Fsp3) is 0.765. The summed E-state index contributed by atoms with van der Waals surface area (Å²) in [6.07, 6.45) is 6.31. The van der Waals surface area contributed by atoms with Gasteiger partial charge in [-0.25, -0.2) is 9.97 Å². The zero-order chi connectivity index (χ0) is 14.9. The van der Waals surface area contributed by atoms with Crippen molar-refractivity contribution in [1.82, 2.24) is 9.97 Å². The first-order chi connectivity index (χ1) is 10.1. The Bertz CT molecular complexity index is 494. The molecule has 2 heterocycles. The quantitative estimate of drug-likeness (QED) is 0.915. The average molecular weight is 288 g/mol. The Morgan fingerprint density at radius 3 is 2.76 bits per heavy atom. The van der Waals surface area contributed by atoms with Crippen molar-refractivity contribution < 1.29 is 0 Å². The highest BCUT2D eigenvalue weighted by Gasteiger charge is 2.29. The van der Waals surface area contributed by atoms with Gasteiger partial charge in [0, 0.05) is 31.6 Å². The fourth-order valence-electron chi connectivity index (χ4n) is 3.06. The summed E-state index contributed by atoms with van der Waals surface area (Å²) in [6.45, 7) is 10.0. The largest absolute Gasteiger partial charge is 0.370 e. The van der Waals surface area contributed by atoms with E-state index in [0.29, 0.717) is 11.3 Å². The second-order valence-electron chi connectivity index (χ2n) is 7.28. The summed E-state index contributed by atoms with van der Waals surface area (Å²) in [5, 5.41) is 3.36. The lowest BCUT2D eigenvalue weighted by atomic mass is 9.85. The Morgan fingerprint density at radius 2 is 2.05 bits per heavy atom. The van der Waals surface area contributed by atoms with Crippen LogP contribution in [-0.4, -0.2) is 29.6 Å². The minimum absolute atomic E-state index is 0.464. The van der Waals surface area contributed by atoms with Crippen molar-refractivity contribution in [1.29, 1.82) is 0 Å². The second kappa shape index (κ2) is 5.82. The third kappa shape index (κ3) is 3.66. The number of rotatable bonds is 4. The van der Waals surface area contributed by atoms with Crippen molar-refractivity contribution in [2.24, 2.45) is 5.41 Å². The number of hydrogen-bond donors (Lipinski definition) is 1. The van der Waals surface area contributed by atoms with Crippen LogP contribution in [-0.2, 0) is 0 Å². The lowest BCUT2D eigenvalue weighted by molar-refractivity contribution is 0.325. The Hall–Kier alpha value is -1.32. The third-order valence-electron chi connectivity index (χ3n) is 4.69. The Labute approximate surface area is 128 Å². The predicted octanol–water partition coefficient (Wildman–Crippen LogP) is 3.80. The molecule has 2 aliphatic rings. The number of nitrogens with one attached hydrogen (secondary N) is 1. The van der Waals surface area contributed by atoms with E-state index in [-0.39, 0.29) is 0 Å². The van der Waals surface area contributed by atoms with Crippen molar-refractivity contribution in [3.63, 3.8) is 0 Å². The van der Waals surface area contributed by atoms with Crippen LogP contribution in [0.15, 0.2) is 6.07 Å². The number of hydrogen-bond acceptors (Lipinski definition) is 4. The molecule has 0 atom stereocenters. The lowest BCUT2D eigenvalue weighted by Crippen LogP contribution is -2.26. The molecule has 1 aromatic heterocycles. The molecule has 0 bridgehead atoms. The van der Waals surface area contributed by atoms with Gasteiger partial charge in [-0.1, -0.05) is 13.8 Å². The van der Waals surface area contributed by atoms with E-state index in [1.54, 1.807) is 0 Å². The molecule has 0 spiro atoms. The van der Waals surface area contributed by atoms with Crippen molar-refractivity contribution in [3.8, 4) is 0 Å². The molecule has 0 aromatic carbocycles.